The van der Waals surface area contributed by atoms with Crippen LogP contribution in [0.25, 0.3) is 0 Å². The fourth-order valence-corrected chi connectivity index (χ4v) is 4.90. The highest BCUT2D eigenvalue weighted by Crippen LogP contribution is 2.43. The number of nitrogens with two attached hydrogens (primary N) is 1. The molecule has 1 saturated heterocycles. The Balaban J connectivity index is 1.64. The van der Waals surface area contributed by atoms with Crippen molar-refractivity contribution in [2.45, 2.75) is 26.3 Å². The average molecular weight is 434 g/mol. The quantitative estimate of drug-likeness (QED) is 0.632. The van der Waals surface area contributed by atoms with Gasteiger partial charge in [-0.05, 0) is 61.2 Å². The molecule has 1 aliphatic rings. The summed E-state index contributed by atoms with van der Waals surface area (Å²) in [6, 6.07) is 16.2. The third-order valence-corrected chi connectivity index (χ3v) is 6.51. The first-order valence-corrected chi connectivity index (χ1v) is 10.9. The van der Waals surface area contributed by atoms with Gasteiger partial charge in [-0.25, -0.2) is 0 Å². The molecule has 3 aromatic rings. The van der Waals surface area contributed by atoms with Crippen LogP contribution in [0.1, 0.15) is 38.8 Å². The second-order valence-corrected chi connectivity index (χ2v) is 8.73. The number of nitrogens with zero attached hydrogens (tertiary/aromatic N) is 1. The Morgan fingerprint density at radius 2 is 1.84 bits per heavy atom. The number of carbonyl (C=O) groups excluding carboxylic acids is 3. The van der Waals surface area contributed by atoms with Crippen LogP contribution in [-0.4, -0.2) is 17.7 Å². The van der Waals surface area contributed by atoms with Gasteiger partial charge in [0.05, 0.1) is 12.0 Å². The van der Waals surface area contributed by atoms with Crippen molar-refractivity contribution >= 4 is 40.4 Å². The monoisotopic (exact) mass is 433 g/mol. The van der Waals surface area contributed by atoms with Crippen molar-refractivity contribution in [3.8, 4) is 0 Å². The second kappa shape index (κ2) is 8.35. The summed E-state index contributed by atoms with van der Waals surface area (Å²) in [6.45, 7) is 3.76. The molecule has 1 aliphatic heterocycles. The largest absolute Gasteiger partial charge is 0.366 e. The van der Waals surface area contributed by atoms with Gasteiger partial charge in [-0.1, -0.05) is 23.8 Å². The predicted octanol–water partition coefficient (Wildman–Crippen LogP) is 4.20. The molecule has 3 N–H and O–H groups in total. The SMILES string of the molecule is Cc1ccc(N2C(=O)CC(C(=O)Nc3ccc(C(N)=O)c(C)c3)C2c2cccs2)cc1. The minimum Gasteiger partial charge on any atom is -0.366 e. The minimum atomic E-state index is -0.538. The highest BCUT2D eigenvalue weighted by molar-refractivity contribution is 7.10. The van der Waals surface area contributed by atoms with Crippen LogP contribution in [0.5, 0.6) is 0 Å². The van der Waals surface area contributed by atoms with Crippen molar-refractivity contribution in [2.75, 3.05) is 10.2 Å². The van der Waals surface area contributed by atoms with E-state index in [1.807, 2.05) is 48.7 Å². The van der Waals surface area contributed by atoms with Gasteiger partial charge in [-0.15, -0.1) is 11.3 Å². The average Bonchev–Trinajstić information content (AvgIpc) is 3.36. The number of hydrogen-bond donors (Lipinski definition) is 2. The Kier molecular flexibility index (Phi) is 5.61. The maximum atomic E-state index is 13.2. The molecular formula is C24H23N3O3S. The number of rotatable bonds is 5. The van der Waals surface area contributed by atoms with Gasteiger partial charge in [0.25, 0.3) is 0 Å². The zero-order valence-electron chi connectivity index (χ0n) is 17.3. The second-order valence-electron chi connectivity index (χ2n) is 7.75. The first kappa shape index (κ1) is 20.8. The smallest absolute Gasteiger partial charge is 0.248 e. The van der Waals surface area contributed by atoms with E-state index in [0.717, 1.165) is 16.1 Å². The van der Waals surface area contributed by atoms with E-state index in [-0.39, 0.29) is 24.3 Å². The zero-order chi connectivity index (χ0) is 22.1. The fourth-order valence-electron chi connectivity index (χ4n) is 4.02. The van der Waals surface area contributed by atoms with E-state index in [9.17, 15) is 14.4 Å². The normalized spacial score (nSPS) is 18.3. The lowest BCUT2D eigenvalue weighted by Gasteiger charge is -2.27. The number of primary amides is 1. The summed E-state index contributed by atoms with van der Waals surface area (Å²) in [5, 5.41) is 4.87. The highest BCUT2D eigenvalue weighted by Gasteiger charge is 2.45. The van der Waals surface area contributed by atoms with E-state index in [2.05, 4.69) is 5.32 Å². The van der Waals surface area contributed by atoms with Crippen LogP contribution in [0.15, 0.2) is 60.0 Å². The number of anilines is 2. The molecular weight excluding hydrogens is 410 g/mol. The molecule has 1 fully saturated rings. The van der Waals surface area contributed by atoms with Crippen LogP contribution in [0, 0.1) is 19.8 Å². The summed E-state index contributed by atoms with van der Waals surface area (Å²) in [6.07, 6.45) is 0.126. The lowest BCUT2D eigenvalue weighted by molar-refractivity contribution is -0.122. The molecule has 31 heavy (non-hydrogen) atoms. The number of hydrogen-bond acceptors (Lipinski definition) is 4. The highest BCUT2D eigenvalue weighted by atomic mass is 32.1. The fraction of sp³-hybridized carbons (Fsp3) is 0.208. The van der Waals surface area contributed by atoms with Crippen molar-refractivity contribution in [1.82, 2.24) is 0 Å². The molecule has 0 bridgehead atoms. The van der Waals surface area contributed by atoms with E-state index < -0.39 is 11.8 Å². The van der Waals surface area contributed by atoms with E-state index in [1.165, 1.54) is 11.3 Å². The molecule has 0 spiro atoms. The van der Waals surface area contributed by atoms with Gasteiger partial charge in [0.2, 0.25) is 17.7 Å². The number of thiophene rings is 1. The maximum Gasteiger partial charge on any atom is 0.248 e. The lowest BCUT2D eigenvalue weighted by Crippen LogP contribution is -2.32. The minimum absolute atomic E-state index is 0.0809. The molecule has 2 atom stereocenters. The lowest BCUT2D eigenvalue weighted by atomic mass is 9.97. The third kappa shape index (κ3) is 4.09. The van der Waals surface area contributed by atoms with Gasteiger partial charge in [-0.2, -0.15) is 0 Å². The van der Waals surface area contributed by atoms with Gasteiger partial charge in [0.1, 0.15) is 0 Å². The van der Waals surface area contributed by atoms with E-state index in [4.69, 9.17) is 5.73 Å². The number of benzene rings is 2. The summed E-state index contributed by atoms with van der Waals surface area (Å²) in [5.41, 5.74) is 8.92. The Labute approximate surface area is 184 Å². The molecule has 3 amide bonds. The Morgan fingerprint density at radius 1 is 1.10 bits per heavy atom. The number of nitrogens with one attached hydrogen (secondary N) is 1. The number of aryl methyl sites for hydroxylation is 2. The van der Waals surface area contributed by atoms with Crippen LogP contribution < -0.4 is 16.0 Å². The van der Waals surface area contributed by atoms with Gasteiger partial charge < -0.3 is 16.0 Å². The first-order valence-electron chi connectivity index (χ1n) is 9.98. The van der Waals surface area contributed by atoms with Crippen LogP contribution in [0.3, 0.4) is 0 Å². The summed E-state index contributed by atoms with van der Waals surface area (Å²) in [7, 11) is 0. The van der Waals surface area contributed by atoms with Crippen LogP contribution >= 0.6 is 11.3 Å². The molecule has 2 aromatic carbocycles. The van der Waals surface area contributed by atoms with Gasteiger partial charge in [0.15, 0.2) is 0 Å². The molecule has 158 valence electrons. The number of amides is 3. The topological polar surface area (TPSA) is 92.5 Å². The maximum absolute atomic E-state index is 13.2. The summed E-state index contributed by atoms with van der Waals surface area (Å²) >= 11 is 1.53. The summed E-state index contributed by atoms with van der Waals surface area (Å²) < 4.78 is 0. The number of carbonyl (C=O) groups is 3. The molecule has 4 rings (SSSR count). The molecule has 2 heterocycles. The molecule has 2 unspecified atom stereocenters. The van der Waals surface area contributed by atoms with Crippen LogP contribution in [-0.2, 0) is 9.59 Å². The first-order chi connectivity index (χ1) is 14.8. The molecule has 6 nitrogen and oxygen atoms in total. The molecule has 7 heteroatoms. The van der Waals surface area contributed by atoms with Crippen molar-refractivity contribution in [3.63, 3.8) is 0 Å². The Morgan fingerprint density at radius 3 is 2.45 bits per heavy atom. The third-order valence-electron chi connectivity index (χ3n) is 5.57. The molecule has 0 aliphatic carbocycles. The Bertz CT molecular complexity index is 1140. The zero-order valence-corrected chi connectivity index (χ0v) is 18.1. The van der Waals surface area contributed by atoms with Crippen molar-refractivity contribution in [2.24, 2.45) is 11.7 Å². The van der Waals surface area contributed by atoms with Crippen LogP contribution in [0.4, 0.5) is 11.4 Å². The van der Waals surface area contributed by atoms with Crippen molar-refractivity contribution in [3.05, 3.63) is 81.5 Å². The molecule has 0 radical (unpaired) electrons. The molecule has 0 saturated carbocycles. The van der Waals surface area contributed by atoms with Crippen LogP contribution in [0.2, 0.25) is 0 Å². The van der Waals surface area contributed by atoms with E-state index in [1.54, 1.807) is 30.0 Å². The van der Waals surface area contributed by atoms with Crippen molar-refractivity contribution < 1.29 is 14.4 Å². The van der Waals surface area contributed by atoms with Gasteiger partial charge in [-0.3, -0.25) is 14.4 Å². The standard InChI is InChI=1S/C24H23N3O3S/c1-14-5-8-17(9-6-14)27-21(28)13-19(22(27)20-4-3-11-31-20)24(30)26-16-7-10-18(23(25)29)15(2)12-16/h3-12,19,22H,13H2,1-2H3,(H2,25,29)(H,26,30). The van der Waals surface area contributed by atoms with E-state index in [0.29, 0.717) is 16.8 Å². The Hall–Kier alpha value is -3.45. The predicted molar refractivity (Wildman–Crippen MR) is 122 cm³/mol. The summed E-state index contributed by atoms with van der Waals surface area (Å²) in [4.78, 5) is 40.4. The van der Waals surface area contributed by atoms with Gasteiger partial charge in [0, 0.05) is 28.2 Å². The molecule has 1 aromatic heterocycles. The van der Waals surface area contributed by atoms with Gasteiger partial charge >= 0.3 is 0 Å². The van der Waals surface area contributed by atoms with Crippen molar-refractivity contribution in [1.29, 1.82) is 0 Å². The summed E-state index contributed by atoms with van der Waals surface area (Å²) in [5.74, 6) is -1.36. The van der Waals surface area contributed by atoms with E-state index >= 15 is 0 Å².